The molecule has 1 atom stereocenters. The zero-order chi connectivity index (χ0) is 18.9. The number of aliphatic imine (C=N–C) groups is 1. The highest BCUT2D eigenvalue weighted by Gasteiger charge is 2.14. The van der Waals surface area contributed by atoms with E-state index < -0.39 is 0 Å². The number of nitrogens with zero attached hydrogens (tertiary/aromatic N) is 3. The number of benzene rings is 1. The molecule has 1 aromatic carbocycles. The van der Waals surface area contributed by atoms with Crippen LogP contribution >= 0.6 is 47.2 Å². The Kier molecular flexibility index (Phi) is 12.0. The van der Waals surface area contributed by atoms with Gasteiger partial charge in [0.15, 0.2) is 5.96 Å². The highest BCUT2D eigenvalue weighted by molar-refractivity contribution is 14.0. The molecule has 0 spiro atoms. The van der Waals surface area contributed by atoms with Gasteiger partial charge in [0.2, 0.25) is 0 Å². The van der Waals surface area contributed by atoms with Crippen LogP contribution in [0.15, 0.2) is 23.2 Å². The third-order valence-electron chi connectivity index (χ3n) is 4.87. The van der Waals surface area contributed by atoms with Crippen molar-refractivity contribution in [1.82, 2.24) is 15.1 Å². The molecule has 3 N–H and O–H groups in total. The van der Waals surface area contributed by atoms with Crippen LogP contribution in [0.5, 0.6) is 0 Å². The van der Waals surface area contributed by atoms with Crippen molar-refractivity contribution in [2.75, 3.05) is 45.8 Å². The lowest BCUT2D eigenvalue weighted by molar-refractivity contribution is 0.136. The number of halogens is 3. The first-order valence-electron chi connectivity index (χ1n) is 9.45. The molecule has 0 amide bonds. The smallest absolute Gasteiger partial charge is 0.189 e. The van der Waals surface area contributed by atoms with E-state index in [0.717, 1.165) is 38.0 Å². The molecule has 1 aliphatic heterocycles. The Balaban J connectivity index is 0.00000364. The number of hydrogen-bond donors (Lipinski definition) is 2. The summed E-state index contributed by atoms with van der Waals surface area (Å²) < 4.78 is 0. The zero-order valence-corrected chi connectivity index (χ0v) is 20.1. The lowest BCUT2D eigenvalue weighted by Gasteiger charge is -2.33. The molecule has 1 heterocycles. The summed E-state index contributed by atoms with van der Waals surface area (Å²) in [7, 11) is 0. The highest BCUT2D eigenvalue weighted by atomic mass is 127. The van der Waals surface area contributed by atoms with Gasteiger partial charge in [-0.2, -0.15) is 0 Å². The Hall–Kier alpha value is -0.280. The van der Waals surface area contributed by atoms with E-state index in [4.69, 9.17) is 28.9 Å². The second-order valence-electron chi connectivity index (χ2n) is 6.78. The minimum atomic E-state index is -0.0154. The van der Waals surface area contributed by atoms with E-state index in [1.54, 1.807) is 6.07 Å². The Bertz CT molecular complexity index is 591. The van der Waals surface area contributed by atoms with Crippen LogP contribution in [0.4, 0.5) is 0 Å². The van der Waals surface area contributed by atoms with E-state index in [0.29, 0.717) is 16.0 Å². The van der Waals surface area contributed by atoms with Crippen LogP contribution in [0.1, 0.15) is 38.3 Å². The quantitative estimate of drug-likeness (QED) is 0.232. The van der Waals surface area contributed by atoms with Gasteiger partial charge < -0.3 is 20.9 Å². The summed E-state index contributed by atoms with van der Waals surface area (Å²) in [4.78, 5) is 9.48. The van der Waals surface area contributed by atoms with Crippen LogP contribution in [-0.4, -0.2) is 61.6 Å². The number of nitrogens with two attached hydrogens (primary N) is 1. The third-order valence-corrected chi connectivity index (χ3v) is 5.43. The van der Waals surface area contributed by atoms with E-state index in [1.165, 1.54) is 26.2 Å². The summed E-state index contributed by atoms with van der Waals surface area (Å²) in [6.07, 6.45) is 2.20. The largest absolute Gasteiger partial charge is 0.370 e. The van der Waals surface area contributed by atoms with Crippen LogP contribution in [0.25, 0.3) is 0 Å². The maximum atomic E-state index is 6.23. The van der Waals surface area contributed by atoms with Crippen molar-refractivity contribution in [1.29, 1.82) is 0 Å². The molecule has 27 heavy (non-hydrogen) atoms. The first-order chi connectivity index (χ1) is 12.5. The van der Waals surface area contributed by atoms with Gasteiger partial charge in [0.25, 0.3) is 0 Å². The first-order valence-corrected chi connectivity index (χ1v) is 10.2. The van der Waals surface area contributed by atoms with Crippen LogP contribution < -0.4 is 11.1 Å². The summed E-state index contributed by atoms with van der Waals surface area (Å²) in [5.74, 6) is 0.458. The molecule has 1 aliphatic rings. The molecule has 0 aromatic heterocycles. The first kappa shape index (κ1) is 24.8. The second kappa shape index (κ2) is 13.0. The minimum Gasteiger partial charge on any atom is -0.370 e. The van der Waals surface area contributed by atoms with Gasteiger partial charge in [-0.05, 0) is 50.6 Å². The van der Waals surface area contributed by atoms with Crippen molar-refractivity contribution in [3.8, 4) is 0 Å². The Labute approximate surface area is 190 Å². The molecule has 0 aliphatic carbocycles. The van der Waals surface area contributed by atoms with E-state index >= 15 is 0 Å². The van der Waals surface area contributed by atoms with Crippen LogP contribution in [-0.2, 0) is 0 Å². The van der Waals surface area contributed by atoms with Crippen molar-refractivity contribution < 1.29 is 0 Å². The molecular formula is C19H32Cl2IN5. The minimum absolute atomic E-state index is 0. The lowest BCUT2D eigenvalue weighted by Crippen LogP contribution is -2.46. The molecule has 0 bridgehead atoms. The summed E-state index contributed by atoms with van der Waals surface area (Å²) in [6.45, 7) is 12.0. The number of piperazine rings is 1. The number of unbranched alkanes of at least 4 members (excludes halogenated alkanes) is 1. The number of nitrogens with one attached hydrogen (secondary N) is 1. The summed E-state index contributed by atoms with van der Waals surface area (Å²) >= 11 is 12.2. The molecule has 1 saturated heterocycles. The summed E-state index contributed by atoms with van der Waals surface area (Å²) in [5.41, 5.74) is 6.96. The molecule has 8 heteroatoms. The lowest BCUT2D eigenvalue weighted by atomic mass is 10.1. The SMILES string of the molecule is CCN1CCN(CCCCN=C(N)NC(C)c2ccc(Cl)cc2Cl)CC1.I. The van der Waals surface area contributed by atoms with Gasteiger partial charge in [-0.1, -0.05) is 36.2 Å². The summed E-state index contributed by atoms with van der Waals surface area (Å²) in [5, 5.41) is 4.45. The molecule has 5 nitrogen and oxygen atoms in total. The van der Waals surface area contributed by atoms with Crippen molar-refractivity contribution in [2.24, 2.45) is 10.7 Å². The van der Waals surface area contributed by atoms with Gasteiger partial charge in [0.05, 0.1) is 6.04 Å². The molecule has 1 unspecified atom stereocenters. The van der Waals surface area contributed by atoms with E-state index in [-0.39, 0.29) is 30.0 Å². The highest BCUT2D eigenvalue weighted by Crippen LogP contribution is 2.25. The number of guanidine groups is 1. The predicted octanol–water partition coefficient (Wildman–Crippen LogP) is 3.99. The fourth-order valence-corrected chi connectivity index (χ4v) is 3.75. The van der Waals surface area contributed by atoms with Gasteiger partial charge in [-0.15, -0.1) is 24.0 Å². The van der Waals surface area contributed by atoms with Crippen molar-refractivity contribution in [2.45, 2.75) is 32.7 Å². The van der Waals surface area contributed by atoms with E-state index in [1.807, 2.05) is 19.1 Å². The van der Waals surface area contributed by atoms with Crippen molar-refractivity contribution >= 4 is 53.1 Å². The topological polar surface area (TPSA) is 56.9 Å². The third kappa shape index (κ3) is 8.73. The van der Waals surface area contributed by atoms with E-state index in [2.05, 4.69) is 27.0 Å². The predicted molar refractivity (Wildman–Crippen MR) is 128 cm³/mol. The zero-order valence-electron chi connectivity index (χ0n) is 16.3. The van der Waals surface area contributed by atoms with Crippen molar-refractivity contribution in [3.05, 3.63) is 33.8 Å². The molecule has 2 rings (SSSR count). The number of hydrogen-bond acceptors (Lipinski definition) is 3. The molecule has 0 saturated carbocycles. The van der Waals surface area contributed by atoms with Gasteiger partial charge in [0, 0.05) is 42.8 Å². The average Bonchev–Trinajstić information content (AvgIpc) is 2.61. The normalized spacial score (nSPS) is 17.4. The molecule has 154 valence electrons. The Morgan fingerprint density at radius 1 is 1.19 bits per heavy atom. The number of likely N-dealkylation sites (N-methyl/N-ethyl adjacent to an activating group) is 1. The van der Waals surface area contributed by atoms with E-state index in [9.17, 15) is 0 Å². The van der Waals surface area contributed by atoms with Crippen LogP contribution in [0, 0.1) is 0 Å². The number of rotatable bonds is 8. The average molecular weight is 528 g/mol. The molecule has 1 fully saturated rings. The van der Waals surface area contributed by atoms with Crippen LogP contribution in [0.2, 0.25) is 10.0 Å². The van der Waals surface area contributed by atoms with Crippen molar-refractivity contribution in [3.63, 3.8) is 0 Å². The van der Waals surface area contributed by atoms with Gasteiger partial charge in [0.1, 0.15) is 0 Å². The molecule has 0 radical (unpaired) electrons. The Morgan fingerprint density at radius 2 is 1.85 bits per heavy atom. The molecule has 1 aromatic rings. The maximum absolute atomic E-state index is 6.23. The van der Waals surface area contributed by atoms with Gasteiger partial charge in [-0.3, -0.25) is 4.99 Å². The fourth-order valence-electron chi connectivity index (χ4n) is 3.17. The maximum Gasteiger partial charge on any atom is 0.189 e. The second-order valence-corrected chi connectivity index (χ2v) is 7.63. The van der Waals surface area contributed by atoms with Gasteiger partial charge >= 0.3 is 0 Å². The van der Waals surface area contributed by atoms with Gasteiger partial charge in [-0.25, -0.2) is 0 Å². The standard InChI is InChI=1S/C19H31Cl2N5.HI/c1-3-25-10-12-26(13-11-25)9-5-4-8-23-19(22)24-15(2)17-7-6-16(20)14-18(17)21;/h6-7,14-15H,3-5,8-13H2,1-2H3,(H3,22,23,24);1H. The summed E-state index contributed by atoms with van der Waals surface area (Å²) in [6, 6.07) is 5.46. The molecular weight excluding hydrogens is 496 g/mol. The fraction of sp³-hybridized carbons (Fsp3) is 0.632. The Morgan fingerprint density at radius 3 is 2.48 bits per heavy atom. The van der Waals surface area contributed by atoms with Crippen LogP contribution in [0.3, 0.4) is 0 Å². The monoisotopic (exact) mass is 527 g/mol.